The Labute approximate surface area is 173 Å². The molecule has 0 bridgehead atoms. The normalized spacial score (nSPS) is 11.1. The lowest BCUT2D eigenvalue weighted by molar-refractivity contribution is -0.107. The maximum atomic E-state index is 14.3. The van der Waals surface area contributed by atoms with E-state index in [1.165, 1.54) is 6.07 Å². The van der Waals surface area contributed by atoms with Crippen LogP contribution in [0.1, 0.15) is 23.6 Å². The number of benzene rings is 2. The van der Waals surface area contributed by atoms with Gasteiger partial charge >= 0.3 is 0 Å². The lowest BCUT2D eigenvalue weighted by Gasteiger charge is -2.08. The summed E-state index contributed by atoms with van der Waals surface area (Å²) in [6.07, 6.45) is 1.28. The van der Waals surface area contributed by atoms with E-state index in [-0.39, 0.29) is 11.7 Å². The molecule has 0 atom stereocenters. The maximum absolute atomic E-state index is 14.3. The number of rotatable bonds is 6. The number of carbonyl (C=O) groups is 1. The summed E-state index contributed by atoms with van der Waals surface area (Å²) in [4.78, 5) is 15.4. The number of hydrogen-bond donors (Lipinski definition) is 0. The van der Waals surface area contributed by atoms with E-state index in [4.69, 9.17) is 4.52 Å². The molecule has 0 N–H and O–H groups in total. The van der Waals surface area contributed by atoms with Crippen LogP contribution in [0, 0.1) is 19.7 Å². The quantitative estimate of drug-likeness (QED) is 0.432. The van der Waals surface area contributed by atoms with Crippen molar-refractivity contribution >= 4 is 6.29 Å². The van der Waals surface area contributed by atoms with E-state index < -0.39 is 0 Å². The zero-order valence-electron chi connectivity index (χ0n) is 17.0. The van der Waals surface area contributed by atoms with E-state index in [0.717, 1.165) is 28.5 Å². The average molecular weight is 404 g/mol. The van der Waals surface area contributed by atoms with Gasteiger partial charge in [0.15, 0.2) is 5.69 Å². The molecule has 0 saturated heterocycles. The summed E-state index contributed by atoms with van der Waals surface area (Å²) < 4.78 is 21.4. The van der Waals surface area contributed by atoms with Crippen molar-refractivity contribution in [2.75, 3.05) is 0 Å². The Balaban J connectivity index is 1.72. The zero-order chi connectivity index (χ0) is 21.3. The summed E-state index contributed by atoms with van der Waals surface area (Å²) in [5, 5.41) is 8.61. The summed E-state index contributed by atoms with van der Waals surface area (Å²) in [5.41, 5.74) is 5.42. The van der Waals surface area contributed by atoms with Crippen LogP contribution in [0.15, 0.2) is 47.0 Å². The minimum Gasteiger partial charge on any atom is -0.332 e. The van der Waals surface area contributed by atoms with Crippen LogP contribution >= 0.6 is 0 Å². The Morgan fingerprint density at radius 2 is 1.87 bits per heavy atom. The van der Waals surface area contributed by atoms with Gasteiger partial charge in [0.1, 0.15) is 12.1 Å². The molecule has 2 aromatic heterocycles. The van der Waals surface area contributed by atoms with Gasteiger partial charge in [0.2, 0.25) is 5.82 Å². The zero-order valence-corrected chi connectivity index (χ0v) is 17.0. The number of aromatic nitrogens is 4. The first-order valence-corrected chi connectivity index (χ1v) is 9.72. The monoisotopic (exact) mass is 404 g/mol. The third kappa shape index (κ3) is 3.54. The van der Waals surface area contributed by atoms with Crippen molar-refractivity contribution in [1.29, 1.82) is 0 Å². The SMILES string of the molecule is CCn1nc(-c2nc(-c3cc(C)c(CC=O)c(C)c3)no2)cc1-c1ccccc1F. The summed E-state index contributed by atoms with van der Waals surface area (Å²) in [6.45, 7) is 6.42. The van der Waals surface area contributed by atoms with Gasteiger partial charge in [-0.15, -0.1) is 0 Å². The molecule has 0 saturated carbocycles. The van der Waals surface area contributed by atoms with Gasteiger partial charge < -0.3 is 9.32 Å². The molecule has 4 aromatic rings. The molecule has 0 fully saturated rings. The molecule has 0 aliphatic rings. The first-order valence-electron chi connectivity index (χ1n) is 9.72. The lowest BCUT2D eigenvalue weighted by atomic mass is 9.97. The van der Waals surface area contributed by atoms with Crippen molar-refractivity contribution in [2.45, 2.75) is 33.7 Å². The van der Waals surface area contributed by atoms with Gasteiger partial charge in [0.05, 0.1) is 5.69 Å². The Bertz CT molecular complexity index is 1200. The molecule has 0 aliphatic carbocycles. The highest BCUT2D eigenvalue weighted by Crippen LogP contribution is 2.29. The van der Waals surface area contributed by atoms with Crippen LogP contribution in [0.25, 0.3) is 34.2 Å². The van der Waals surface area contributed by atoms with Gasteiger partial charge in [-0.3, -0.25) is 4.68 Å². The fourth-order valence-electron chi connectivity index (χ4n) is 3.62. The van der Waals surface area contributed by atoms with E-state index >= 15 is 0 Å². The van der Waals surface area contributed by atoms with Gasteiger partial charge in [-0.05, 0) is 67.8 Å². The highest BCUT2D eigenvalue weighted by molar-refractivity contribution is 5.68. The standard InChI is InChI=1S/C23H21FN4O2/c1-4-28-21(18-7-5-6-8-19(18)24)13-20(26-28)23-25-22(27-30-23)16-11-14(2)17(9-10-29)15(3)12-16/h5-8,10-13H,4,9H2,1-3H3. The van der Waals surface area contributed by atoms with Crippen molar-refractivity contribution in [2.24, 2.45) is 0 Å². The first kappa shape index (κ1) is 19.7. The van der Waals surface area contributed by atoms with E-state index in [1.54, 1.807) is 28.9 Å². The predicted molar refractivity (Wildman–Crippen MR) is 111 cm³/mol. The van der Waals surface area contributed by atoms with Crippen molar-refractivity contribution in [3.8, 4) is 34.2 Å². The van der Waals surface area contributed by atoms with Crippen molar-refractivity contribution in [3.63, 3.8) is 0 Å². The second kappa shape index (κ2) is 8.02. The highest BCUT2D eigenvalue weighted by atomic mass is 19.1. The number of nitrogens with zero attached hydrogens (tertiary/aromatic N) is 4. The van der Waals surface area contributed by atoms with Gasteiger partial charge in [0.25, 0.3) is 5.89 Å². The molecule has 0 spiro atoms. The minimum absolute atomic E-state index is 0.266. The molecule has 0 amide bonds. The largest absolute Gasteiger partial charge is 0.332 e. The Hall–Kier alpha value is -3.61. The summed E-state index contributed by atoms with van der Waals surface area (Å²) in [6, 6.07) is 12.2. The molecule has 6 nitrogen and oxygen atoms in total. The van der Waals surface area contributed by atoms with Crippen molar-refractivity contribution in [1.82, 2.24) is 19.9 Å². The molecular weight excluding hydrogens is 383 g/mol. The Morgan fingerprint density at radius 3 is 2.53 bits per heavy atom. The minimum atomic E-state index is -0.314. The van der Waals surface area contributed by atoms with Crippen LogP contribution in [0.2, 0.25) is 0 Å². The smallest absolute Gasteiger partial charge is 0.278 e. The predicted octanol–water partition coefficient (Wildman–Crippen LogP) is 4.78. The first-order chi connectivity index (χ1) is 14.5. The van der Waals surface area contributed by atoms with Gasteiger partial charge in [-0.2, -0.15) is 10.1 Å². The molecule has 4 rings (SSSR count). The van der Waals surface area contributed by atoms with Crippen LogP contribution < -0.4 is 0 Å². The molecule has 0 aliphatic heterocycles. The van der Waals surface area contributed by atoms with Gasteiger partial charge in [0, 0.05) is 24.1 Å². The fraction of sp³-hybridized carbons (Fsp3) is 0.217. The third-order valence-corrected chi connectivity index (χ3v) is 5.12. The molecule has 0 unspecified atom stereocenters. The maximum Gasteiger partial charge on any atom is 0.278 e. The van der Waals surface area contributed by atoms with E-state index in [2.05, 4.69) is 15.2 Å². The second-order valence-corrected chi connectivity index (χ2v) is 7.09. The van der Waals surface area contributed by atoms with E-state index in [9.17, 15) is 9.18 Å². The summed E-state index contributed by atoms with van der Waals surface area (Å²) >= 11 is 0. The Morgan fingerprint density at radius 1 is 1.13 bits per heavy atom. The topological polar surface area (TPSA) is 73.8 Å². The molecule has 2 aromatic carbocycles. The van der Waals surface area contributed by atoms with Crippen LogP contribution in [-0.4, -0.2) is 26.2 Å². The average Bonchev–Trinajstić information content (AvgIpc) is 3.38. The molecular formula is C23H21FN4O2. The van der Waals surface area contributed by atoms with Gasteiger partial charge in [-0.1, -0.05) is 17.3 Å². The second-order valence-electron chi connectivity index (χ2n) is 7.09. The molecule has 2 heterocycles. The molecule has 0 radical (unpaired) electrons. The number of hydrogen-bond acceptors (Lipinski definition) is 5. The van der Waals surface area contributed by atoms with Crippen molar-refractivity contribution < 1.29 is 13.7 Å². The number of carbonyl (C=O) groups excluding carboxylic acids is 1. The lowest BCUT2D eigenvalue weighted by Crippen LogP contribution is -2.00. The fourth-order valence-corrected chi connectivity index (χ4v) is 3.62. The van der Waals surface area contributed by atoms with E-state index in [0.29, 0.717) is 35.7 Å². The molecule has 7 heteroatoms. The van der Waals surface area contributed by atoms with Crippen LogP contribution in [0.5, 0.6) is 0 Å². The number of aldehydes is 1. The highest BCUT2D eigenvalue weighted by Gasteiger charge is 2.19. The summed E-state index contributed by atoms with van der Waals surface area (Å²) in [7, 11) is 0. The van der Waals surface area contributed by atoms with E-state index in [1.807, 2.05) is 32.9 Å². The van der Waals surface area contributed by atoms with Crippen molar-refractivity contribution in [3.05, 3.63) is 65.0 Å². The van der Waals surface area contributed by atoms with Crippen LogP contribution in [-0.2, 0) is 17.8 Å². The van der Waals surface area contributed by atoms with Crippen LogP contribution in [0.4, 0.5) is 4.39 Å². The summed E-state index contributed by atoms with van der Waals surface area (Å²) in [5.74, 6) is 0.389. The third-order valence-electron chi connectivity index (χ3n) is 5.12. The van der Waals surface area contributed by atoms with Crippen LogP contribution in [0.3, 0.4) is 0 Å². The Kier molecular flexibility index (Phi) is 5.27. The molecule has 30 heavy (non-hydrogen) atoms. The number of halogens is 1. The number of aryl methyl sites for hydroxylation is 3. The molecule has 152 valence electrons. The van der Waals surface area contributed by atoms with Gasteiger partial charge in [-0.25, -0.2) is 4.39 Å².